The van der Waals surface area contributed by atoms with Crippen molar-refractivity contribution in [2.75, 3.05) is 43.5 Å². The van der Waals surface area contributed by atoms with Crippen molar-refractivity contribution in [2.45, 2.75) is 39.0 Å². The van der Waals surface area contributed by atoms with Gasteiger partial charge in [-0.05, 0) is 67.3 Å². The summed E-state index contributed by atoms with van der Waals surface area (Å²) >= 11 is 0. The maximum Gasteiger partial charge on any atom is 0.406 e. The molecule has 40 heavy (non-hydrogen) atoms. The lowest BCUT2D eigenvalue weighted by Crippen LogP contribution is -2.53. The fourth-order valence-electron chi connectivity index (χ4n) is 5.25. The van der Waals surface area contributed by atoms with Gasteiger partial charge in [0.25, 0.3) is 0 Å². The molecule has 2 aliphatic rings. The number of alkyl halides is 3. The Labute approximate surface area is 231 Å². The molecule has 1 saturated heterocycles. The molecule has 2 N–H and O–H groups in total. The maximum atomic E-state index is 13.9. The molecule has 1 atom stereocenters. The highest BCUT2D eigenvalue weighted by Gasteiger charge is 2.40. The summed E-state index contributed by atoms with van der Waals surface area (Å²) in [6, 6.07) is 12.7. The van der Waals surface area contributed by atoms with Crippen LogP contribution in [-0.2, 0) is 4.74 Å². The Kier molecular flexibility index (Phi) is 7.65. The van der Waals surface area contributed by atoms with Crippen LogP contribution in [0.4, 0.5) is 24.7 Å². The zero-order chi connectivity index (χ0) is 28.5. The molecular weight excluding hydrogens is 517 g/mol. The molecule has 10 heteroatoms. The maximum absolute atomic E-state index is 13.9. The van der Waals surface area contributed by atoms with Crippen LogP contribution in [0.5, 0.6) is 0 Å². The number of nitrogens with two attached hydrogens (primary N) is 1. The Morgan fingerprint density at radius 1 is 1.07 bits per heavy atom. The Bertz CT molecular complexity index is 1480. The first-order valence-corrected chi connectivity index (χ1v) is 13.3. The van der Waals surface area contributed by atoms with E-state index in [9.17, 15) is 13.2 Å². The SMILES string of the molecule is CC/C(C)=C1/C=C(N(CC(F)(F)F)c2ccc(-c3ccc4nc(N)cnc4c3)cc2)C=NC1(C)N1CCOCC1. The highest BCUT2D eigenvalue weighted by atomic mass is 19.4. The lowest BCUT2D eigenvalue weighted by molar-refractivity contribution is -0.118. The Morgan fingerprint density at radius 3 is 2.45 bits per heavy atom. The predicted octanol–water partition coefficient (Wildman–Crippen LogP) is 5.99. The number of hydrogen-bond acceptors (Lipinski definition) is 7. The third kappa shape index (κ3) is 5.73. The molecule has 2 aromatic carbocycles. The molecule has 0 amide bonds. The molecule has 0 spiro atoms. The van der Waals surface area contributed by atoms with Crippen molar-refractivity contribution in [3.05, 3.63) is 71.6 Å². The summed E-state index contributed by atoms with van der Waals surface area (Å²) in [5, 5.41) is 0. The number of anilines is 2. The molecule has 0 aliphatic carbocycles. The third-order valence-electron chi connectivity index (χ3n) is 7.59. The van der Waals surface area contributed by atoms with E-state index in [1.165, 1.54) is 11.1 Å². The summed E-state index contributed by atoms with van der Waals surface area (Å²) in [5.74, 6) is 0.340. The molecule has 3 heterocycles. The van der Waals surface area contributed by atoms with Crippen LogP contribution >= 0.6 is 0 Å². The summed E-state index contributed by atoms with van der Waals surface area (Å²) in [4.78, 5) is 17.0. The number of ether oxygens (including phenoxy) is 1. The molecule has 1 unspecified atom stereocenters. The van der Waals surface area contributed by atoms with Crippen molar-refractivity contribution in [1.29, 1.82) is 0 Å². The Balaban J connectivity index is 1.50. The van der Waals surface area contributed by atoms with Crippen LogP contribution in [0.3, 0.4) is 0 Å². The summed E-state index contributed by atoms with van der Waals surface area (Å²) in [7, 11) is 0. The quantitative estimate of drug-likeness (QED) is 0.406. The highest BCUT2D eigenvalue weighted by molar-refractivity contribution is 5.88. The molecule has 0 saturated carbocycles. The second-order valence-electron chi connectivity index (χ2n) is 10.2. The van der Waals surface area contributed by atoms with Gasteiger partial charge >= 0.3 is 6.18 Å². The molecule has 0 bridgehead atoms. The number of nitrogen functional groups attached to an aromatic ring is 1. The van der Waals surface area contributed by atoms with Crippen molar-refractivity contribution in [1.82, 2.24) is 14.9 Å². The molecule has 210 valence electrons. The molecule has 7 nitrogen and oxygen atoms in total. The van der Waals surface area contributed by atoms with Crippen LogP contribution < -0.4 is 10.6 Å². The number of aromatic nitrogens is 2. The zero-order valence-electron chi connectivity index (χ0n) is 22.9. The number of aliphatic imine (C=N–C) groups is 1. The fraction of sp³-hybridized carbons (Fsp3) is 0.367. The summed E-state index contributed by atoms with van der Waals surface area (Å²) < 4.78 is 47.1. The first-order chi connectivity index (χ1) is 19.1. The highest BCUT2D eigenvalue weighted by Crippen LogP contribution is 2.37. The van der Waals surface area contributed by atoms with Crippen LogP contribution in [0.2, 0.25) is 0 Å². The zero-order valence-corrected chi connectivity index (χ0v) is 22.9. The number of benzene rings is 2. The number of allylic oxidation sites excluding steroid dienone is 2. The van der Waals surface area contributed by atoms with Crippen molar-refractivity contribution in [3.63, 3.8) is 0 Å². The van der Waals surface area contributed by atoms with E-state index in [-0.39, 0.29) is 0 Å². The lowest BCUT2D eigenvalue weighted by atomic mass is 9.90. The van der Waals surface area contributed by atoms with Crippen LogP contribution in [0.1, 0.15) is 27.2 Å². The van der Waals surface area contributed by atoms with Gasteiger partial charge in [-0.3, -0.25) is 14.9 Å². The molecule has 5 rings (SSSR count). The van der Waals surface area contributed by atoms with Gasteiger partial charge in [-0.25, -0.2) is 4.98 Å². The average Bonchev–Trinajstić information content (AvgIpc) is 2.95. The minimum atomic E-state index is -4.42. The Morgan fingerprint density at radius 2 is 1.77 bits per heavy atom. The van der Waals surface area contributed by atoms with Crippen LogP contribution in [0.15, 0.2) is 76.6 Å². The number of dihydropyridines is 1. The second kappa shape index (κ2) is 11.0. The van der Waals surface area contributed by atoms with E-state index in [1.54, 1.807) is 18.3 Å². The number of hydrogen-bond donors (Lipinski definition) is 1. The number of fused-ring (bicyclic) bond motifs is 1. The van der Waals surface area contributed by atoms with Crippen molar-refractivity contribution >= 4 is 28.8 Å². The smallest absolute Gasteiger partial charge is 0.382 e. The number of rotatable bonds is 6. The molecule has 2 aliphatic heterocycles. The van der Waals surface area contributed by atoms with Crippen molar-refractivity contribution < 1.29 is 17.9 Å². The minimum Gasteiger partial charge on any atom is -0.382 e. The van der Waals surface area contributed by atoms with E-state index in [2.05, 4.69) is 14.9 Å². The standard InChI is InChI=1S/C30H33F3N6O/c1-4-20(2)25-16-24(17-36-29(25,3)38-11-13-40-14-12-38)39(19-30(31,32)33)23-8-5-21(6-9-23)22-7-10-26-27(15-22)35-18-28(34)37-26/h5-10,15-18H,4,11-14,19H2,1-3H3,(H2,34,37)/b25-20-. The molecule has 1 aromatic heterocycles. The average molecular weight is 551 g/mol. The van der Waals surface area contributed by atoms with E-state index in [0.29, 0.717) is 54.5 Å². The summed E-state index contributed by atoms with van der Waals surface area (Å²) in [6.07, 6.45) is 1.30. The molecular formula is C30H33F3N6O. The van der Waals surface area contributed by atoms with Gasteiger partial charge in [0.15, 0.2) is 0 Å². The van der Waals surface area contributed by atoms with Gasteiger partial charge < -0.3 is 15.4 Å². The van der Waals surface area contributed by atoms with Crippen LogP contribution in [0, 0.1) is 0 Å². The fourth-order valence-corrected chi connectivity index (χ4v) is 5.25. The van der Waals surface area contributed by atoms with Gasteiger partial charge in [0.05, 0.1) is 36.1 Å². The van der Waals surface area contributed by atoms with Gasteiger partial charge in [0.2, 0.25) is 0 Å². The van der Waals surface area contributed by atoms with Gasteiger partial charge in [-0.15, -0.1) is 0 Å². The third-order valence-corrected chi connectivity index (χ3v) is 7.59. The predicted molar refractivity (Wildman–Crippen MR) is 153 cm³/mol. The van der Waals surface area contributed by atoms with E-state index >= 15 is 0 Å². The van der Waals surface area contributed by atoms with Gasteiger partial charge in [-0.2, -0.15) is 13.2 Å². The Hall–Kier alpha value is -3.76. The molecule has 0 radical (unpaired) electrons. The number of halogens is 3. The first kappa shape index (κ1) is 27.8. The first-order valence-electron chi connectivity index (χ1n) is 13.3. The van der Waals surface area contributed by atoms with Gasteiger partial charge in [-0.1, -0.05) is 30.7 Å². The normalized spacial score (nSPS) is 21.4. The van der Waals surface area contributed by atoms with E-state index in [0.717, 1.165) is 28.7 Å². The topological polar surface area (TPSA) is 79.9 Å². The van der Waals surface area contributed by atoms with Crippen molar-refractivity contribution in [3.8, 4) is 11.1 Å². The monoisotopic (exact) mass is 550 g/mol. The van der Waals surface area contributed by atoms with Crippen LogP contribution in [0.25, 0.3) is 22.2 Å². The second-order valence-corrected chi connectivity index (χ2v) is 10.2. The van der Waals surface area contributed by atoms with Gasteiger partial charge in [0, 0.05) is 25.0 Å². The number of morpholine rings is 1. The van der Waals surface area contributed by atoms with E-state index in [4.69, 9.17) is 15.5 Å². The van der Waals surface area contributed by atoms with E-state index in [1.807, 2.05) is 57.2 Å². The van der Waals surface area contributed by atoms with Gasteiger partial charge in [0.1, 0.15) is 18.0 Å². The van der Waals surface area contributed by atoms with Crippen molar-refractivity contribution in [2.24, 2.45) is 4.99 Å². The molecule has 1 fully saturated rings. The number of nitrogens with zero attached hydrogens (tertiary/aromatic N) is 5. The lowest BCUT2D eigenvalue weighted by Gasteiger charge is -2.44. The largest absolute Gasteiger partial charge is 0.406 e. The molecule has 3 aromatic rings. The van der Waals surface area contributed by atoms with E-state index < -0.39 is 18.4 Å². The minimum absolute atomic E-state index is 0.340. The van der Waals surface area contributed by atoms with Crippen LogP contribution in [-0.4, -0.2) is 65.8 Å². The summed E-state index contributed by atoms with van der Waals surface area (Å²) in [6.45, 7) is 7.58. The summed E-state index contributed by atoms with van der Waals surface area (Å²) in [5.41, 5.74) is 11.0.